The van der Waals surface area contributed by atoms with Crippen molar-refractivity contribution in [3.05, 3.63) is 47.7 Å². The molecule has 2 aliphatic rings. The summed E-state index contributed by atoms with van der Waals surface area (Å²) in [4.78, 5) is 2.34. The van der Waals surface area contributed by atoms with E-state index in [1.807, 2.05) is 6.07 Å². The maximum Gasteiger partial charge on any atom is 0.230 e. The van der Waals surface area contributed by atoms with Crippen LogP contribution in [0.25, 0.3) is 0 Å². The van der Waals surface area contributed by atoms with E-state index in [0.717, 1.165) is 24.9 Å². The third kappa shape index (κ3) is 3.05. The minimum absolute atomic E-state index is 0.107. The van der Waals surface area contributed by atoms with Gasteiger partial charge in [-0.05, 0) is 25.3 Å². The van der Waals surface area contributed by atoms with Gasteiger partial charge in [0.15, 0.2) is 0 Å². The fourth-order valence-electron chi connectivity index (χ4n) is 3.04. The van der Waals surface area contributed by atoms with Crippen LogP contribution in [-0.4, -0.2) is 34.3 Å². The molecule has 116 valence electrons. The van der Waals surface area contributed by atoms with Crippen LogP contribution in [0.4, 0.5) is 0 Å². The van der Waals surface area contributed by atoms with E-state index < -0.39 is 0 Å². The van der Waals surface area contributed by atoms with Crippen molar-refractivity contribution in [3.63, 3.8) is 0 Å². The van der Waals surface area contributed by atoms with Crippen molar-refractivity contribution in [3.8, 4) is 0 Å². The zero-order chi connectivity index (χ0) is 14.9. The van der Waals surface area contributed by atoms with Crippen LogP contribution in [0.1, 0.15) is 49.1 Å². The lowest BCUT2D eigenvalue weighted by molar-refractivity contribution is -0.0830. The molecule has 1 aromatic heterocycles. The summed E-state index contributed by atoms with van der Waals surface area (Å²) >= 11 is 0. The van der Waals surface area contributed by atoms with Gasteiger partial charge in [-0.3, -0.25) is 4.90 Å². The van der Waals surface area contributed by atoms with Crippen molar-refractivity contribution in [2.24, 2.45) is 0 Å². The largest absolute Gasteiger partial charge is 0.424 e. The van der Waals surface area contributed by atoms with Crippen molar-refractivity contribution >= 4 is 0 Å². The minimum atomic E-state index is 0.107. The first-order chi connectivity index (χ1) is 10.8. The smallest absolute Gasteiger partial charge is 0.230 e. The third-order valence-electron chi connectivity index (χ3n) is 4.28. The molecule has 0 bridgehead atoms. The van der Waals surface area contributed by atoms with E-state index in [-0.39, 0.29) is 12.2 Å². The Morgan fingerprint density at radius 2 is 1.95 bits per heavy atom. The summed E-state index contributed by atoms with van der Waals surface area (Å²) in [7, 11) is 0. The molecule has 2 fully saturated rings. The molecule has 1 aromatic carbocycles. The second kappa shape index (κ2) is 5.82. The topological polar surface area (TPSA) is 51.4 Å². The number of ether oxygens (including phenoxy) is 1. The second-order valence-electron chi connectivity index (χ2n) is 6.35. The SMILES string of the molecule is C[C@H]1CN(Cc2nnc(C3CC3)o2)C[C@H](c2ccccc2)O1. The molecule has 1 saturated heterocycles. The van der Waals surface area contributed by atoms with Crippen LogP contribution in [0, 0.1) is 0 Å². The van der Waals surface area contributed by atoms with Gasteiger partial charge in [0.1, 0.15) is 0 Å². The third-order valence-corrected chi connectivity index (χ3v) is 4.28. The van der Waals surface area contributed by atoms with Gasteiger partial charge in [-0.15, -0.1) is 10.2 Å². The average molecular weight is 299 g/mol. The average Bonchev–Trinajstić information content (AvgIpc) is 3.28. The van der Waals surface area contributed by atoms with Gasteiger partial charge in [0.2, 0.25) is 11.8 Å². The molecule has 22 heavy (non-hydrogen) atoms. The molecule has 2 heterocycles. The molecule has 0 radical (unpaired) electrons. The predicted molar refractivity (Wildman–Crippen MR) is 81.3 cm³/mol. The molecule has 5 nitrogen and oxygen atoms in total. The molecule has 1 aliphatic carbocycles. The van der Waals surface area contributed by atoms with Crippen LogP contribution < -0.4 is 0 Å². The number of nitrogens with zero attached hydrogens (tertiary/aromatic N) is 3. The molecule has 0 unspecified atom stereocenters. The Morgan fingerprint density at radius 3 is 2.73 bits per heavy atom. The number of morpholine rings is 1. The molecular formula is C17H21N3O2. The highest BCUT2D eigenvalue weighted by Gasteiger charge is 2.31. The molecule has 0 N–H and O–H groups in total. The highest BCUT2D eigenvalue weighted by molar-refractivity contribution is 5.18. The molecule has 2 aromatic rings. The van der Waals surface area contributed by atoms with Crippen molar-refractivity contribution in [1.29, 1.82) is 0 Å². The van der Waals surface area contributed by atoms with Crippen LogP contribution in [0.15, 0.2) is 34.7 Å². The summed E-state index contributed by atoms with van der Waals surface area (Å²) < 4.78 is 11.9. The fraction of sp³-hybridized carbons (Fsp3) is 0.529. The quantitative estimate of drug-likeness (QED) is 0.869. The molecule has 5 heteroatoms. The van der Waals surface area contributed by atoms with Crippen molar-refractivity contribution in [2.75, 3.05) is 13.1 Å². The Bertz CT molecular complexity index is 624. The number of hydrogen-bond donors (Lipinski definition) is 0. The lowest BCUT2D eigenvalue weighted by Gasteiger charge is -2.36. The van der Waals surface area contributed by atoms with Gasteiger partial charge in [0.05, 0.1) is 18.8 Å². The standard InChI is InChI=1S/C17H21N3O2/c1-12-9-20(10-15(21-12)13-5-3-2-4-6-13)11-16-18-19-17(22-16)14-7-8-14/h2-6,12,14-15H,7-11H2,1H3/t12-,15+/m0/s1. The Labute approximate surface area is 130 Å². The van der Waals surface area contributed by atoms with E-state index in [0.29, 0.717) is 12.5 Å². The van der Waals surface area contributed by atoms with E-state index in [4.69, 9.17) is 9.15 Å². The van der Waals surface area contributed by atoms with Crippen LogP contribution >= 0.6 is 0 Å². The highest BCUT2D eigenvalue weighted by Crippen LogP contribution is 2.39. The minimum Gasteiger partial charge on any atom is -0.424 e. The first-order valence-electron chi connectivity index (χ1n) is 8.03. The first kappa shape index (κ1) is 13.9. The zero-order valence-corrected chi connectivity index (χ0v) is 12.8. The Kier molecular flexibility index (Phi) is 3.68. The Balaban J connectivity index is 1.44. The molecule has 1 aliphatic heterocycles. The zero-order valence-electron chi connectivity index (χ0n) is 12.8. The lowest BCUT2D eigenvalue weighted by atomic mass is 10.1. The Hall–Kier alpha value is -1.72. The van der Waals surface area contributed by atoms with Gasteiger partial charge < -0.3 is 9.15 Å². The summed E-state index contributed by atoms with van der Waals surface area (Å²) in [5, 5.41) is 8.36. The van der Waals surface area contributed by atoms with Gasteiger partial charge >= 0.3 is 0 Å². The van der Waals surface area contributed by atoms with Crippen molar-refractivity contribution < 1.29 is 9.15 Å². The Morgan fingerprint density at radius 1 is 1.14 bits per heavy atom. The molecular weight excluding hydrogens is 278 g/mol. The van der Waals surface area contributed by atoms with Crippen LogP contribution in [0.2, 0.25) is 0 Å². The summed E-state index contributed by atoms with van der Waals surface area (Å²) in [5.41, 5.74) is 1.23. The predicted octanol–water partition coefficient (Wildman–Crippen LogP) is 2.91. The molecule has 0 amide bonds. The molecule has 0 spiro atoms. The van der Waals surface area contributed by atoms with Gasteiger partial charge in [-0.1, -0.05) is 30.3 Å². The molecule has 1 saturated carbocycles. The maximum atomic E-state index is 6.09. The summed E-state index contributed by atoms with van der Waals surface area (Å²) in [6, 6.07) is 10.4. The van der Waals surface area contributed by atoms with E-state index in [1.165, 1.54) is 18.4 Å². The number of rotatable bonds is 4. The second-order valence-corrected chi connectivity index (χ2v) is 6.35. The normalized spacial score (nSPS) is 26.2. The first-order valence-corrected chi connectivity index (χ1v) is 8.03. The van der Waals surface area contributed by atoms with Crippen molar-refractivity contribution in [2.45, 2.75) is 44.4 Å². The maximum absolute atomic E-state index is 6.09. The van der Waals surface area contributed by atoms with Gasteiger partial charge in [0, 0.05) is 19.0 Å². The van der Waals surface area contributed by atoms with E-state index in [9.17, 15) is 0 Å². The number of benzene rings is 1. The van der Waals surface area contributed by atoms with E-state index in [2.05, 4.69) is 46.3 Å². The van der Waals surface area contributed by atoms with Crippen LogP contribution in [-0.2, 0) is 11.3 Å². The van der Waals surface area contributed by atoms with Gasteiger partial charge in [-0.2, -0.15) is 0 Å². The van der Waals surface area contributed by atoms with Gasteiger partial charge in [0.25, 0.3) is 0 Å². The molecule has 4 rings (SSSR count). The van der Waals surface area contributed by atoms with Crippen LogP contribution in [0.5, 0.6) is 0 Å². The highest BCUT2D eigenvalue weighted by atomic mass is 16.5. The monoisotopic (exact) mass is 299 g/mol. The summed E-state index contributed by atoms with van der Waals surface area (Å²) in [5.74, 6) is 2.06. The van der Waals surface area contributed by atoms with E-state index >= 15 is 0 Å². The number of aromatic nitrogens is 2. The van der Waals surface area contributed by atoms with Crippen LogP contribution in [0.3, 0.4) is 0 Å². The van der Waals surface area contributed by atoms with E-state index in [1.54, 1.807) is 0 Å². The summed E-state index contributed by atoms with van der Waals surface area (Å²) in [6.45, 7) is 4.57. The number of hydrogen-bond acceptors (Lipinski definition) is 5. The fourth-order valence-corrected chi connectivity index (χ4v) is 3.04. The van der Waals surface area contributed by atoms with Gasteiger partial charge in [-0.25, -0.2) is 0 Å². The molecule has 2 atom stereocenters. The van der Waals surface area contributed by atoms with Crippen molar-refractivity contribution in [1.82, 2.24) is 15.1 Å². The summed E-state index contributed by atoms with van der Waals surface area (Å²) in [6.07, 6.45) is 2.68. The lowest BCUT2D eigenvalue weighted by Crippen LogP contribution is -2.42.